The van der Waals surface area contributed by atoms with Crippen LogP contribution in [0.25, 0.3) is 22.1 Å². The van der Waals surface area contributed by atoms with Gasteiger partial charge in [-0.25, -0.2) is 9.97 Å². The number of benzene rings is 5. The first-order valence-corrected chi connectivity index (χ1v) is 22.4. The number of hydrogen-bond donors (Lipinski definition) is 8. The van der Waals surface area contributed by atoms with Crippen molar-refractivity contribution in [3.8, 4) is 5.75 Å². The number of amides is 5. The van der Waals surface area contributed by atoms with Crippen LogP contribution in [0.3, 0.4) is 0 Å². The lowest BCUT2D eigenvalue weighted by Gasteiger charge is -2.36. The molecule has 2 aromatic heterocycles. The molecule has 7 aromatic rings. The number of carbonyl (C=O) groups excluding carboxylic acids is 5. The number of phenols is 1. The van der Waals surface area contributed by atoms with Crippen molar-refractivity contribution in [3.05, 3.63) is 155 Å². The van der Waals surface area contributed by atoms with E-state index >= 15 is 0 Å². The van der Waals surface area contributed by atoms with Gasteiger partial charge in [-0.15, -0.1) is 0 Å². The standard InChI is InChI=1S/C21H26N2O2.C11H13N3O.C10H11N3O.C10H12N2O2/c1-13-8-18(24)9-14(2)19(13)11-20(22)21(25)23-12-17-7-5-4-6-16(17)10-15(23)3;1-8(15)12-7-6-11-13-9-4-2-3-5-10(9)14-11;1-7(14)11-6-10-12-8-4-2-3-5-9(8)13-10;1-8(13)11-7-10(14)12-9-5-3-2-4-6-9/h4-9,15,20,24H,10-12,22H2,1-3H3;2-5H,6-7H2,1H3,(H,12,15)(H,13,14);2-5H,6H2,1H3,(H,11,14)(H,12,13);2-6H,7H2,1H3,(H,11,13)(H,12,14). The number of fused-ring (bicyclic) bond motifs is 3. The van der Waals surface area contributed by atoms with E-state index < -0.39 is 6.04 Å². The maximum atomic E-state index is 13.0. The predicted octanol–water partition coefficient (Wildman–Crippen LogP) is 6.05. The second kappa shape index (κ2) is 25.2. The molecule has 1 aliphatic rings. The molecule has 2 atom stereocenters. The van der Waals surface area contributed by atoms with Crippen molar-refractivity contribution >= 4 is 57.3 Å². The number of aromatic amines is 2. The summed E-state index contributed by atoms with van der Waals surface area (Å²) >= 11 is 0. The molecule has 2 unspecified atom stereocenters. The molecule has 0 spiro atoms. The number of imidazole rings is 2. The Morgan fingerprint density at radius 2 is 1.25 bits per heavy atom. The Hall–Kier alpha value is -7.85. The molecule has 5 aromatic carbocycles. The second-order valence-electron chi connectivity index (χ2n) is 16.5. The molecule has 16 nitrogen and oxygen atoms in total. The molecular formula is C52H62N10O6. The van der Waals surface area contributed by atoms with Gasteiger partial charge >= 0.3 is 0 Å². The fourth-order valence-electron chi connectivity index (χ4n) is 7.50. The highest BCUT2D eigenvalue weighted by Gasteiger charge is 2.30. The first kappa shape index (κ1) is 51.1. The molecule has 9 N–H and O–H groups in total. The Labute approximate surface area is 396 Å². The number of nitrogens with zero attached hydrogens (tertiary/aromatic N) is 3. The number of aryl methyl sites for hydroxylation is 2. The fraction of sp³-hybridized carbons (Fsp3) is 0.288. The molecule has 0 saturated carbocycles. The number of rotatable bonds is 11. The largest absolute Gasteiger partial charge is 0.508 e. The maximum Gasteiger partial charge on any atom is 0.243 e. The summed E-state index contributed by atoms with van der Waals surface area (Å²) < 4.78 is 0. The smallest absolute Gasteiger partial charge is 0.243 e. The third-order valence-electron chi connectivity index (χ3n) is 10.9. The van der Waals surface area contributed by atoms with Crippen LogP contribution in [0.1, 0.15) is 67.2 Å². The first-order valence-electron chi connectivity index (χ1n) is 22.4. The summed E-state index contributed by atoms with van der Waals surface area (Å²) in [7, 11) is 0. The van der Waals surface area contributed by atoms with Crippen LogP contribution in [0.5, 0.6) is 5.75 Å². The third-order valence-corrected chi connectivity index (χ3v) is 10.9. The molecule has 0 radical (unpaired) electrons. The van der Waals surface area contributed by atoms with Crippen molar-refractivity contribution < 1.29 is 29.1 Å². The fourth-order valence-corrected chi connectivity index (χ4v) is 7.50. The van der Waals surface area contributed by atoms with E-state index in [-0.39, 0.29) is 47.9 Å². The van der Waals surface area contributed by atoms with Crippen molar-refractivity contribution in [1.29, 1.82) is 0 Å². The highest BCUT2D eigenvalue weighted by atomic mass is 16.3. The number of aromatic nitrogens is 4. The van der Waals surface area contributed by atoms with E-state index in [1.165, 1.54) is 31.9 Å². The molecular weight excluding hydrogens is 861 g/mol. The van der Waals surface area contributed by atoms with Crippen molar-refractivity contribution in [2.24, 2.45) is 5.73 Å². The lowest BCUT2D eigenvalue weighted by molar-refractivity contribution is -0.135. The summed E-state index contributed by atoms with van der Waals surface area (Å²) in [6.07, 6.45) is 2.09. The van der Waals surface area contributed by atoms with Crippen LogP contribution in [-0.4, -0.2) is 84.7 Å². The van der Waals surface area contributed by atoms with Crippen molar-refractivity contribution in [2.75, 3.05) is 18.4 Å². The maximum absolute atomic E-state index is 13.0. The highest BCUT2D eigenvalue weighted by molar-refractivity contribution is 5.94. The zero-order valence-corrected chi connectivity index (χ0v) is 39.5. The second-order valence-corrected chi connectivity index (χ2v) is 16.5. The molecule has 5 amide bonds. The van der Waals surface area contributed by atoms with Crippen LogP contribution in [0.2, 0.25) is 0 Å². The van der Waals surface area contributed by atoms with E-state index in [4.69, 9.17) is 5.73 Å². The number of para-hydroxylation sites is 5. The van der Waals surface area contributed by atoms with Crippen LogP contribution in [0.4, 0.5) is 5.69 Å². The average Bonchev–Trinajstić information content (AvgIpc) is 3.93. The van der Waals surface area contributed by atoms with Gasteiger partial charge in [0.05, 0.1) is 41.2 Å². The van der Waals surface area contributed by atoms with Gasteiger partial charge in [0.1, 0.15) is 17.4 Å². The van der Waals surface area contributed by atoms with Crippen molar-refractivity contribution in [2.45, 2.75) is 86.0 Å². The predicted molar refractivity (Wildman–Crippen MR) is 265 cm³/mol. The SMILES string of the molecule is CC(=O)NCC(=O)Nc1ccccc1.CC(=O)NCCc1nc2ccccc2[nH]1.CC(=O)NCc1nc2ccccc2[nH]1.Cc1cc(O)cc(C)c1CC(N)C(=O)N1Cc2ccccc2CC1C. The van der Waals surface area contributed by atoms with Gasteiger partial charge in [-0.1, -0.05) is 66.7 Å². The molecule has 68 heavy (non-hydrogen) atoms. The molecule has 0 saturated heterocycles. The van der Waals surface area contributed by atoms with Gasteiger partial charge in [-0.3, -0.25) is 24.0 Å². The lowest BCUT2D eigenvalue weighted by Crippen LogP contribution is -2.50. The van der Waals surface area contributed by atoms with Crippen LogP contribution < -0.4 is 27.0 Å². The topological polar surface area (TPSA) is 240 Å². The van der Waals surface area contributed by atoms with Gasteiger partial charge in [0, 0.05) is 52.0 Å². The Morgan fingerprint density at radius 3 is 1.84 bits per heavy atom. The average molecular weight is 923 g/mol. The number of aromatic hydroxyl groups is 1. The summed E-state index contributed by atoms with van der Waals surface area (Å²) in [6, 6.07) is 36.0. The van der Waals surface area contributed by atoms with Gasteiger partial charge in [-0.2, -0.15) is 0 Å². The summed E-state index contributed by atoms with van der Waals surface area (Å²) in [6.45, 7) is 12.0. The van der Waals surface area contributed by atoms with E-state index in [0.717, 1.165) is 68.9 Å². The van der Waals surface area contributed by atoms with Crippen molar-refractivity contribution in [3.63, 3.8) is 0 Å². The van der Waals surface area contributed by atoms with Crippen LogP contribution in [0.15, 0.2) is 115 Å². The molecule has 0 fully saturated rings. The van der Waals surface area contributed by atoms with Crippen LogP contribution in [-0.2, 0) is 56.3 Å². The van der Waals surface area contributed by atoms with E-state index in [2.05, 4.69) is 60.3 Å². The van der Waals surface area contributed by atoms with E-state index in [0.29, 0.717) is 26.1 Å². The molecule has 0 bridgehead atoms. The Bertz CT molecular complexity index is 2710. The van der Waals surface area contributed by atoms with E-state index in [1.807, 2.05) is 97.6 Å². The number of nitrogens with one attached hydrogen (secondary N) is 6. The molecule has 8 rings (SSSR count). The zero-order chi connectivity index (χ0) is 49.2. The molecule has 3 heterocycles. The number of phenolic OH excluding ortho intramolecular Hbond substituents is 1. The summed E-state index contributed by atoms with van der Waals surface area (Å²) in [4.78, 5) is 73.0. The van der Waals surface area contributed by atoms with Gasteiger partial charge in [0.25, 0.3) is 0 Å². The summed E-state index contributed by atoms with van der Waals surface area (Å²) in [5.74, 6) is 1.43. The molecule has 1 aliphatic heterocycles. The zero-order valence-electron chi connectivity index (χ0n) is 39.5. The summed E-state index contributed by atoms with van der Waals surface area (Å²) in [5, 5.41) is 20.2. The number of anilines is 1. The van der Waals surface area contributed by atoms with E-state index in [1.54, 1.807) is 24.3 Å². The minimum atomic E-state index is -0.574. The first-order chi connectivity index (χ1) is 32.6. The Kier molecular flexibility index (Phi) is 18.9. The van der Waals surface area contributed by atoms with Crippen LogP contribution >= 0.6 is 0 Å². The number of hydrogen-bond acceptors (Lipinski definition) is 9. The monoisotopic (exact) mass is 922 g/mol. The number of H-pyrrole nitrogens is 2. The minimum absolute atomic E-state index is 0.00419. The highest BCUT2D eigenvalue weighted by Crippen LogP contribution is 2.26. The van der Waals surface area contributed by atoms with Crippen molar-refractivity contribution in [1.82, 2.24) is 40.8 Å². The normalized spacial score (nSPS) is 12.9. The van der Waals surface area contributed by atoms with Gasteiger partial charge in [-0.05, 0) is 110 Å². The quantitative estimate of drug-likeness (QED) is 0.0752. The Morgan fingerprint density at radius 1 is 0.721 bits per heavy atom. The van der Waals surface area contributed by atoms with Gasteiger partial charge < -0.3 is 47.0 Å². The van der Waals surface area contributed by atoms with Gasteiger partial charge in [0.2, 0.25) is 29.5 Å². The minimum Gasteiger partial charge on any atom is -0.508 e. The van der Waals surface area contributed by atoms with Gasteiger partial charge in [0.15, 0.2) is 0 Å². The number of nitrogens with two attached hydrogens (primary N) is 1. The van der Waals surface area contributed by atoms with Crippen LogP contribution in [0, 0.1) is 13.8 Å². The molecule has 16 heteroatoms. The molecule has 356 valence electrons. The molecule has 0 aliphatic carbocycles. The third kappa shape index (κ3) is 15.9. The lowest BCUT2D eigenvalue weighted by atomic mass is 9.92. The van der Waals surface area contributed by atoms with E-state index in [9.17, 15) is 29.1 Å². The number of carbonyl (C=O) groups is 5. The summed E-state index contributed by atoms with van der Waals surface area (Å²) in [5.41, 5.74) is 16.4. The Balaban J connectivity index is 0.000000176.